The van der Waals surface area contributed by atoms with Gasteiger partial charge >= 0.3 is 0 Å². The molecule has 0 saturated heterocycles. The molecule has 134 valence electrons. The second-order valence-corrected chi connectivity index (χ2v) is 6.76. The molecule has 0 aliphatic rings. The van der Waals surface area contributed by atoms with Crippen LogP contribution in [0.25, 0.3) is 0 Å². The van der Waals surface area contributed by atoms with Gasteiger partial charge in [0.25, 0.3) is 0 Å². The minimum absolute atomic E-state index is 0.116. The lowest BCUT2D eigenvalue weighted by atomic mass is 10.1. The van der Waals surface area contributed by atoms with Crippen molar-refractivity contribution in [2.75, 3.05) is 32.6 Å². The lowest BCUT2D eigenvalue weighted by Crippen LogP contribution is -2.48. The summed E-state index contributed by atoms with van der Waals surface area (Å²) in [4.78, 5) is 17.6. The Labute approximate surface area is 143 Å². The van der Waals surface area contributed by atoms with Crippen molar-refractivity contribution in [2.45, 2.75) is 32.9 Å². The quantitative estimate of drug-likeness (QED) is 0.562. The molecule has 0 fully saturated rings. The van der Waals surface area contributed by atoms with Gasteiger partial charge < -0.3 is 20.9 Å². The third-order valence-electron chi connectivity index (χ3n) is 3.11. The molecule has 0 radical (unpaired) electrons. The highest BCUT2D eigenvalue weighted by Crippen LogP contribution is 2.18. The molecule has 0 heterocycles. The first-order valence-electron chi connectivity index (χ1n) is 7.83. The van der Waals surface area contributed by atoms with Crippen LogP contribution in [-0.4, -0.2) is 45.1 Å². The van der Waals surface area contributed by atoms with Crippen LogP contribution in [0, 0.1) is 5.82 Å². The SMILES string of the molecule is CN=C(NCC(=O)NC(C)(C)C)NCc1ccc(N(C)C)c(F)c1. The summed E-state index contributed by atoms with van der Waals surface area (Å²) in [5.74, 6) is 0.0924. The maximum absolute atomic E-state index is 14.0. The molecule has 1 aromatic carbocycles. The van der Waals surface area contributed by atoms with Gasteiger partial charge in [-0.3, -0.25) is 9.79 Å². The van der Waals surface area contributed by atoms with Gasteiger partial charge in [0.15, 0.2) is 5.96 Å². The van der Waals surface area contributed by atoms with E-state index < -0.39 is 0 Å². The van der Waals surface area contributed by atoms with E-state index in [1.54, 1.807) is 32.1 Å². The van der Waals surface area contributed by atoms with E-state index in [0.29, 0.717) is 18.2 Å². The molecule has 0 spiro atoms. The first-order chi connectivity index (χ1) is 11.1. The maximum Gasteiger partial charge on any atom is 0.239 e. The fourth-order valence-electron chi connectivity index (χ4n) is 2.06. The zero-order valence-electron chi connectivity index (χ0n) is 15.3. The number of anilines is 1. The Kier molecular flexibility index (Phi) is 7.00. The first-order valence-corrected chi connectivity index (χ1v) is 7.83. The summed E-state index contributed by atoms with van der Waals surface area (Å²) in [5, 5.41) is 8.85. The molecule has 0 aliphatic carbocycles. The Hall–Kier alpha value is -2.31. The highest BCUT2D eigenvalue weighted by molar-refractivity contribution is 5.86. The standard InChI is InChI=1S/C17H28FN5O/c1-17(2,3)22-15(24)11-21-16(19-4)20-10-12-7-8-14(23(5)6)13(18)9-12/h7-9H,10-11H2,1-6H3,(H,22,24)(H2,19,20,21). The Bertz CT molecular complexity index is 593. The molecule has 24 heavy (non-hydrogen) atoms. The van der Waals surface area contributed by atoms with E-state index in [0.717, 1.165) is 5.56 Å². The highest BCUT2D eigenvalue weighted by Gasteiger charge is 2.13. The number of rotatable bonds is 5. The lowest BCUT2D eigenvalue weighted by Gasteiger charge is -2.21. The fourth-order valence-corrected chi connectivity index (χ4v) is 2.06. The largest absolute Gasteiger partial charge is 0.375 e. The normalized spacial score (nSPS) is 11.9. The Morgan fingerprint density at radius 2 is 1.92 bits per heavy atom. The summed E-state index contributed by atoms with van der Waals surface area (Å²) in [6, 6.07) is 5.08. The van der Waals surface area contributed by atoms with Gasteiger partial charge in [0.1, 0.15) is 5.82 Å². The number of nitrogens with zero attached hydrogens (tertiary/aromatic N) is 2. The third-order valence-corrected chi connectivity index (χ3v) is 3.11. The molecule has 0 aromatic heterocycles. The number of guanidine groups is 1. The van der Waals surface area contributed by atoms with E-state index in [4.69, 9.17) is 0 Å². The van der Waals surface area contributed by atoms with Crippen LogP contribution in [0.1, 0.15) is 26.3 Å². The van der Waals surface area contributed by atoms with Gasteiger partial charge in [-0.05, 0) is 38.5 Å². The maximum atomic E-state index is 14.0. The van der Waals surface area contributed by atoms with Crippen LogP contribution in [0.4, 0.5) is 10.1 Å². The summed E-state index contributed by atoms with van der Waals surface area (Å²) in [5.41, 5.74) is 1.06. The van der Waals surface area contributed by atoms with E-state index in [9.17, 15) is 9.18 Å². The number of carbonyl (C=O) groups excluding carboxylic acids is 1. The molecule has 1 aromatic rings. The van der Waals surface area contributed by atoms with E-state index in [2.05, 4.69) is 20.9 Å². The average molecular weight is 337 g/mol. The van der Waals surface area contributed by atoms with Gasteiger partial charge in [0, 0.05) is 33.2 Å². The minimum atomic E-state index is -0.276. The van der Waals surface area contributed by atoms with Crippen molar-refractivity contribution in [3.63, 3.8) is 0 Å². The summed E-state index contributed by atoms with van der Waals surface area (Å²) in [6.07, 6.45) is 0. The summed E-state index contributed by atoms with van der Waals surface area (Å²) in [6.45, 7) is 6.29. The summed E-state index contributed by atoms with van der Waals surface area (Å²) < 4.78 is 14.0. The molecule has 0 bridgehead atoms. The molecule has 1 amide bonds. The number of amides is 1. The molecule has 0 atom stereocenters. The smallest absolute Gasteiger partial charge is 0.239 e. The molecule has 7 heteroatoms. The van der Waals surface area contributed by atoms with Gasteiger partial charge in [-0.2, -0.15) is 0 Å². The van der Waals surface area contributed by atoms with Crippen molar-refractivity contribution >= 4 is 17.6 Å². The minimum Gasteiger partial charge on any atom is -0.375 e. The zero-order valence-corrected chi connectivity index (χ0v) is 15.3. The molecule has 6 nitrogen and oxygen atoms in total. The third kappa shape index (κ3) is 6.85. The Morgan fingerprint density at radius 1 is 1.25 bits per heavy atom. The van der Waals surface area contributed by atoms with Gasteiger partial charge in [0.2, 0.25) is 5.91 Å². The topological polar surface area (TPSA) is 68.8 Å². The summed E-state index contributed by atoms with van der Waals surface area (Å²) >= 11 is 0. The number of nitrogens with one attached hydrogen (secondary N) is 3. The molecule has 0 aliphatic heterocycles. The highest BCUT2D eigenvalue weighted by atomic mass is 19.1. The predicted octanol–water partition coefficient (Wildman–Crippen LogP) is 1.47. The molecule has 0 saturated carbocycles. The molecule has 0 unspecified atom stereocenters. The van der Waals surface area contributed by atoms with Crippen LogP contribution in [0.3, 0.4) is 0 Å². The first kappa shape index (κ1) is 19.7. The van der Waals surface area contributed by atoms with Crippen molar-refractivity contribution in [2.24, 2.45) is 4.99 Å². The number of aliphatic imine (C=N–C) groups is 1. The number of hydrogen-bond acceptors (Lipinski definition) is 3. The molecule has 3 N–H and O–H groups in total. The Morgan fingerprint density at radius 3 is 2.42 bits per heavy atom. The second-order valence-electron chi connectivity index (χ2n) is 6.76. The van der Waals surface area contributed by atoms with Crippen molar-refractivity contribution in [3.8, 4) is 0 Å². The fraction of sp³-hybridized carbons (Fsp3) is 0.529. The van der Waals surface area contributed by atoms with Crippen LogP contribution in [-0.2, 0) is 11.3 Å². The van der Waals surface area contributed by atoms with Crippen LogP contribution < -0.4 is 20.9 Å². The van der Waals surface area contributed by atoms with Gasteiger partial charge in [-0.1, -0.05) is 6.07 Å². The second kappa shape index (κ2) is 8.52. The Balaban J connectivity index is 2.53. The summed E-state index contributed by atoms with van der Waals surface area (Å²) in [7, 11) is 5.21. The van der Waals surface area contributed by atoms with Crippen molar-refractivity contribution in [1.29, 1.82) is 0 Å². The van der Waals surface area contributed by atoms with E-state index in [-0.39, 0.29) is 23.8 Å². The number of hydrogen-bond donors (Lipinski definition) is 3. The molecular weight excluding hydrogens is 309 g/mol. The van der Waals surface area contributed by atoms with Crippen molar-refractivity contribution < 1.29 is 9.18 Å². The van der Waals surface area contributed by atoms with E-state index in [1.165, 1.54) is 6.07 Å². The van der Waals surface area contributed by atoms with Crippen molar-refractivity contribution in [1.82, 2.24) is 16.0 Å². The average Bonchev–Trinajstić information content (AvgIpc) is 2.45. The lowest BCUT2D eigenvalue weighted by molar-refractivity contribution is -0.121. The van der Waals surface area contributed by atoms with Crippen LogP contribution in [0.15, 0.2) is 23.2 Å². The van der Waals surface area contributed by atoms with E-state index in [1.807, 2.05) is 26.8 Å². The van der Waals surface area contributed by atoms with Gasteiger partial charge in [0.05, 0.1) is 12.2 Å². The van der Waals surface area contributed by atoms with E-state index >= 15 is 0 Å². The van der Waals surface area contributed by atoms with Gasteiger partial charge in [-0.25, -0.2) is 4.39 Å². The number of benzene rings is 1. The van der Waals surface area contributed by atoms with Crippen molar-refractivity contribution in [3.05, 3.63) is 29.6 Å². The monoisotopic (exact) mass is 337 g/mol. The van der Waals surface area contributed by atoms with Crippen LogP contribution in [0.5, 0.6) is 0 Å². The molecule has 1 rings (SSSR count). The van der Waals surface area contributed by atoms with Gasteiger partial charge in [-0.15, -0.1) is 0 Å². The predicted molar refractivity (Wildman–Crippen MR) is 96.8 cm³/mol. The zero-order chi connectivity index (χ0) is 18.3. The van der Waals surface area contributed by atoms with Crippen LogP contribution in [0.2, 0.25) is 0 Å². The number of carbonyl (C=O) groups is 1. The van der Waals surface area contributed by atoms with Crippen LogP contribution >= 0.6 is 0 Å². The molecular formula is C17H28FN5O. The number of halogens is 1.